The van der Waals surface area contributed by atoms with Gasteiger partial charge in [-0.05, 0) is 19.1 Å². The molecular formula is C16H23N4O4+. The van der Waals surface area contributed by atoms with Gasteiger partial charge in [-0.25, -0.2) is 4.48 Å². The van der Waals surface area contributed by atoms with Gasteiger partial charge in [0, 0.05) is 5.69 Å². The molecule has 0 unspecified atom stereocenters. The summed E-state index contributed by atoms with van der Waals surface area (Å²) in [6.07, 6.45) is -1.06. The van der Waals surface area contributed by atoms with E-state index in [0.717, 1.165) is 5.56 Å². The number of carbonyl (C=O) groups excluding carboxylic acids is 2. The zero-order chi connectivity index (χ0) is 17.7. The minimum Gasteiger partial charge on any atom is -0.435 e. The van der Waals surface area contributed by atoms with Gasteiger partial charge in [0.15, 0.2) is 6.54 Å². The number of rotatable bonds is 4. The van der Waals surface area contributed by atoms with Gasteiger partial charge in [0.25, 0.3) is 5.91 Å². The van der Waals surface area contributed by atoms with Crippen LogP contribution in [0.1, 0.15) is 5.56 Å². The van der Waals surface area contributed by atoms with Crippen LogP contribution in [0.4, 0.5) is 10.5 Å². The maximum absolute atomic E-state index is 12.3. The fourth-order valence-corrected chi connectivity index (χ4v) is 2.76. The monoisotopic (exact) mass is 335 g/mol. The molecule has 8 heteroatoms. The third-order valence-electron chi connectivity index (χ3n) is 4.31. The molecule has 130 valence electrons. The number of piperazine rings is 1. The van der Waals surface area contributed by atoms with Crippen molar-refractivity contribution in [2.75, 3.05) is 44.6 Å². The SMILES string of the molecule is Cc1ccc(NC(=O)C[N+]2(C(=O)O)CCN(C(=O)CN)CC2)cc1. The molecule has 1 aromatic carbocycles. The quantitative estimate of drug-likeness (QED) is 0.682. The van der Waals surface area contributed by atoms with Crippen LogP contribution in [-0.4, -0.2) is 71.7 Å². The van der Waals surface area contributed by atoms with Crippen LogP contribution in [0.2, 0.25) is 0 Å². The Balaban J connectivity index is 2.01. The number of nitrogens with one attached hydrogen (secondary N) is 1. The highest BCUT2D eigenvalue weighted by Crippen LogP contribution is 2.16. The van der Waals surface area contributed by atoms with Crippen molar-refractivity contribution in [3.05, 3.63) is 29.8 Å². The molecule has 8 nitrogen and oxygen atoms in total. The third kappa shape index (κ3) is 4.09. The summed E-state index contributed by atoms with van der Waals surface area (Å²) in [6.45, 7) is 2.60. The zero-order valence-electron chi connectivity index (χ0n) is 13.7. The van der Waals surface area contributed by atoms with Gasteiger partial charge in [0.2, 0.25) is 5.91 Å². The fourth-order valence-electron chi connectivity index (χ4n) is 2.76. The lowest BCUT2D eigenvalue weighted by Gasteiger charge is -2.39. The number of aryl methyl sites for hydroxylation is 1. The molecule has 24 heavy (non-hydrogen) atoms. The first-order chi connectivity index (χ1) is 11.4. The number of nitrogens with zero attached hydrogens (tertiary/aromatic N) is 2. The van der Waals surface area contributed by atoms with E-state index in [1.54, 1.807) is 12.1 Å². The van der Waals surface area contributed by atoms with Gasteiger partial charge in [-0.1, -0.05) is 17.7 Å². The summed E-state index contributed by atoms with van der Waals surface area (Å²) in [5.41, 5.74) is 7.03. The van der Waals surface area contributed by atoms with Crippen molar-refractivity contribution in [1.82, 2.24) is 4.90 Å². The van der Waals surface area contributed by atoms with Crippen molar-refractivity contribution >= 4 is 23.6 Å². The highest BCUT2D eigenvalue weighted by molar-refractivity contribution is 5.92. The smallest absolute Gasteiger partial charge is 0.435 e. The summed E-state index contributed by atoms with van der Waals surface area (Å²) in [5, 5.41) is 12.3. The molecule has 4 N–H and O–H groups in total. The Morgan fingerprint density at radius 2 is 1.79 bits per heavy atom. The molecule has 0 atom stereocenters. The van der Waals surface area contributed by atoms with E-state index in [9.17, 15) is 19.5 Å². The zero-order valence-corrected chi connectivity index (χ0v) is 13.7. The van der Waals surface area contributed by atoms with E-state index in [1.165, 1.54) is 4.90 Å². The normalized spacial score (nSPS) is 16.5. The molecule has 1 aromatic rings. The molecule has 1 fully saturated rings. The van der Waals surface area contributed by atoms with Gasteiger partial charge < -0.3 is 21.1 Å². The second-order valence-corrected chi connectivity index (χ2v) is 6.03. The molecule has 0 spiro atoms. The number of hydrogen-bond acceptors (Lipinski definition) is 4. The molecule has 3 amide bonds. The number of nitrogens with two attached hydrogens (primary N) is 1. The van der Waals surface area contributed by atoms with Gasteiger partial charge in [0.05, 0.1) is 19.6 Å². The Kier molecular flexibility index (Phi) is 5.53. The van der Waals surface area contributed by atoms with Crippen molar-refractivity contribution in [2.45, 2.75) is 6.92 Å². The first-order valence-electron chi connectivity index (χ1n) is 7.80. The molecule has 0 aliphatic carbocycles. The molecular weight excluding hydrogens is 312 g/mol. The summed E-state index contributed by atoms with van der Waals surface area (Å²) < 4.78 is -0.383. The minimum atomic E-state index is -1.06. The van der Waals surface area contributed by atoms with E-state index >= 15 is 0 Å². The first-order valence-corrected chi connectivity index (χ1v) is 7.80. The number of benzene rings is 1. The summed E-state index contributed by atoms with van der Waals surface area (Å²) in [4.78, 5) is 37.1. The van der Waals surface area contributed by atoms with Crippen LogP contribution >= 0.6 is 0 Å². The molecule has 1 aliphatic heterocycles. The second-order valence-electron chi connectivity index (χ2n) is 6.03. The summed E-state index contributed by atoms with van der Waals surface area (Å²) in [5.74, 6) is -0.567. The summed E-state index contributed by atoms with van der Waals surface area (Å²) in [6, 6.07) is 7.29. The van der Waals surface area contributed by atoms with Crippen molar-refractivity contribution in [3.8, 4) is 0 Å². The predicted octanol–water partition coefficient (Wildman–Crippen LogP) is 0.229. The van der Waals surface area contributed by atoms with Crippen molar-refractivity contribution in [1.29, 1.82) is 0 Å². The number of hydrogen-bond donors (Lipinski definition) is 3. The molecule has 1 saturated heterocycles. The Morgan fingerprint density at radius 3 is 2.29 bits per heavy atom. The third-order valence-corrected chi connectivity index (χ3v) is 4.31. The van der Waals surface area contributed by atoms with Crippen molar-refractivity contribution < 1.29 is 24.0 Å². The van der Waals surface area contributed by atoms with Gasteiger partial charge in [-0.15, -0.1) is 0 Å². The Bertz CT molecular complexity index is 621. The fraction of sp³-hybridized carbons (Fsp3) is 0.438. The summed E-state index contributed by atoms with van der Waals surface area (Å²) >= 11 is 0. The topological polar surface area (TPSA) is 113 Å². The van der Waals surface area contributed by atoms with Crippen LogP contribution in [0.3, 0.4) is 0 Å². The van der Waals surface area contributed by atoms with Crippen LogP contribution in [0.25, 0.3) is 0 Å². The standard InChI is InChI=1S/C16H22N4O4/c1-12-2-4-13(5-3-12)18-14(21)11-20(16(23)24)8-6-19(7-9-20)15(22)10-17/h2-5H,6-11,17H2,1H3,(H-,18,21,23,24)/p+1. The van der Waals surface area contributed by atoms with Gasteiger partial charge in [0.1, 0.15) is 13.1 Å². The molecule has 2 rings (SSSR count). The molecule has 0 saturated carbocycles. The number of quaternary nitrogens is 1. The maximum Gasteiger partial charge on any atom is 0.514 e. The molecule has 0 aromatic heterocycles. The van der Waals surface area contributed by atoms with Crippen molar-refractivity contribution in [2.24, 2.45) is 5.73 Å². The minimum absolute atomic E-state index is 0.0962. The predicted molar refractivity (Wildman–Crippen MR) is 88.3 cm³/mol. The van der Waals surface area contributed by atoms with Gasteiger partial charge in [-0.2, -0.15) is 4.79 Å². The van der Waals surface area contributed by atoms with E-state index in [-0.39, 0.29) is 55.6 Å². The Labute approximate surface area is 140 Å². The van der Waals surface area contributed by atoms with Gasteiger partial charge >= 0.3 is 6.09 Å². The van der Waals surface area contributed by atoms with E-state index in [2.05, 4.69) is 5.32 Å². The molecule has 1 heterocycles. The molecule has 0 radical (unpaired) electrons. The van der Waals surface area contributed by atoms with Crippen LogP contribution in [0, 0.1) is 6.92 Å². The number of carboxylic acid groups (broad SMARTS) is 1. The molecule has 1 aliphatic rings. The Hall–Kier alpha value is -2.45. The highest BCUT2D eigenvalue weighted by Gasteiger charge is 2.43. The van der Waals surface area contributed by atoms with Crippen LogP contribution < -0.4 is 11.1 Å². The Morgan fingerprint density at radius 1 is 1.21 bits per heavy atom. The lowest BCUT2D eigenvalue weighted by molar-refractivity contribution is -0.853. The number of amides is 3. The van der Waals surface area contributed by atoms with Crippen LogP contribution in [0.15, 0.2) is 24.3 Å². The lowest BCUT2D eigenvalue weighted by Crippen LogP contribution is -2.65. The van der Waals surface area contributed by atoms with Crippen LogP contribution in [-0.2, 0) is 9.59 Å². The average molecular weight is 335 g/mol. The van der Waals surface area contributed by atoms with E-state index in [0.29, 0.717) is 5.69 Å². The van der Waals surface area contributed by atoms with Gasteiger partial charge in [-0.3, -0.25) is 9.59 Å². The lowest BCUT2D eigenvalue weighted by atomic mass is 10.2. The second kappa shape index (κ2) is 7.41. The first kappa shape index (κ1) is 17.9. The average Bonchev–Trinajstić information content (AvgIpc) is 2.56. The van der Waals surface area contributed by atoms with E-state index in [1.807, 2.05) is 19.1 Å². The maximum atomic E-state index is 12.3. The number of carbonyl (C=O) groups is 3. The molecule has 0 bridgehead atoms. The highest BCUT2D eigenvalue weighted by atomic mass is 16.4. The summed E-state index contributed by atoms with van der Waals surface area (Å²) in [7, 11) is 0. The van der Waals surface area contributed by atoms with Crippen molar-refractivity contribution in [3.63, 3.8) is 0 Å². The van der Waals surface area contributed by atoms with Crippen LogP contribution in [0.5, 0.6) is 0 Å². The largest absolute Gasteiger partial charge is 0.514 e. The number of anilines is 1. The van der Waals surface area contributed by atoms with E-state index in [4.69, 9.17) is 5.73 Å². The van der Waals surface area contributed by atoms with E-state index < -0.39 is 6.09 Å².